The lowest BCUT2D eigenvalue weighted by Crippen LogP contribution is -2.21. The lowest BCUT2D eigenvalue weighted by molar-refractivity contribution is -0.113. The minimum Gasteiger partial charge on any atom is -0.461 e. The number of hydrogen-bond acceptors (Lipinski definition) is 7. The molecule has 0 atom stereocenters. The number of carbonyl (C=O) groups is 3. The van der Waals surface area contributed by atoms with E-state index in [2.05, 4.69) is 15.5 Å². The zero-order valence-corrected chi connectivity index (χ0v) is 18.4. The summed E-state index contributed by atoms with van der Waals surface area (Å²) in [6.07, 6.45) is 1.57. The molecule has 0 fully saturated rings. The highest BCUT2D eigenvalue weighted by Crippen LogP contribution is 2.29. The van der Waals surface area contributed by atoms with Gasteiger partial charge < -0.3 is 9.73 Å². The van der Waals surface area contributed by atoms with E-state index in [1.807, 2.05) is 11.5 Å². The fourth-order valence-electron chi connectivity index (χ4n) is 3.77. The van der Waals surface area contributed by atoms with Crippen molar-refractivity contribution in [3.8, 4) is 11.6 Å². The maximum Gasteiger partial charge on any atom is 0.234 e. The number of aromatic nitrogens is 3. The van der Waals surface area contributed by atoms with Crippen molar-refractivity contribution in [2.45, 2.75) is 18.6 Å². The van der Waals surface area contributed by atoms with E-state index in [0.29, 0.717) is 45.7 Å². The molecule has 0 aliphatic heterocycles. The molecule has 8 nitrogen and oxygen atoms in total. The SMILES string of the molecule is CCn1c(SCC(=O)Nc2ccc3c(c2)C(=O)c2ccccc2C3=O)nnc1-c1ccco1. The number of thioether (sulfide) groups is 1. The summed E-state index contributed by atoms with van der Waals surface area (Å²) in [6.45, 7) is 2.58. The third kappa shape index (κ3) is 3.76. The van der Waals surface area contributed by atoms with Gasteiger partial charge in [0.15, 0.2) is 28.3 Å². The Morgan fingerprint density at radius 2 is 1.70 bits per heavy atom. The number of hydrogen-bond donors (Lipinski definition) is 1. The number of amides is 1. The standard InChI is InChI=1S/C24H18N4O4S/c1-2-28-23(19-8-5-11-32-19)26-27-24(28)33-13-20(29)25-14-9-10-17-18(12-14)22(31)16-7-4-3-6-15(16)21(17)30/h3-12H,2,13H2,1H3,(H,25,29). The fourth-order valence-corrected chi connectivity index (χ4v) is 4.58. The lowest BCUT2D eigenvalue weighted by Gasteiger charge is -2.18. The summed E-state index contributed by atoms with van der Waals surface area (Å²) < 4.78 is 7.27. The van der Waals surface area contributed by atoms with Crippen LogP contribution < -0.4 is 5.32 Å². The van der Waals surface area contributed by atoms with Gasteiger partial charge in [-0.25, -0.2) is 0 Å². The van der Waals surface area contributed by atoms with Crippen molar-refractivity contribution in [1.29, 1.82) is 0 Å². The van der Waals surface area contributed by atoms with Crippen molar-refractivity contribution in [3.05, 3.63) is 83.1 Å². The minimum absolute atomic E-state index is 0.100. The van der Waals surface area contributed by atoms with Crippen LogP contribution in [0.1, 0.15) is 38.8 Å². The molecule has 164 valence electrons. The third-order valence-corrected chi connectivity index (χ3v) is 6.28. The molecule has 0 unspecified atom stereocenters. The quantitative estimate of drug-likeness (QED) is 0.382. The van der Waals surface area contributed by atoms with E-state index in [9.17, 15) is 14.4 Å². The second-order valence-electron chi connectivity index (χ2n) is 7.33. The van der Waals surface area contributed by atoms with Gasteiger partial charge in [0.05, 0.1) is 12.0 Å². The highest BCUT2D eigenvalue weighted by Gasteiger charge is 2.29. The largest absolute Gasteiger partial charge is 0.461 e. The highest BCUT2D eigenvalue weighted by molar-refractivity contribution is 7.99. The van der Waals surface area contributed by atoms with Gasteiger partial charge in [-0.15, -0.1) is 10.2 Å². The van der Waals surface area contributed by atoms with Gasteiger partial charge >= 0.3 is 0 Å². The van der Waals surface area contributed by atoms with Crippen molar-refractivity contribution in [2.24, 2.45) is 0 Å². The molecule has 2 aromatic carbocycles. The fraction of sp³-hybridized carbons (Fsp3) is 0.125. The summed E-state index contributed by atoms with van der Waals surface area (Å²) in [4.78, 5) is 38.2. The first-order valence-corrected chi connectivity index (χ1v) is 11.3. The van der Waals surface area contributed by atoms with Crippen LogP contribution in [0.2, 0.25) is 0 Å². The number of benzene rings is 2. The van der Waals surface area contributed by atoms with Crippen molar-refractivity contribution < 1.29 is 18.8 Å². The van der Waals surface area contributed by atoms with Gasteiger partial charge in [-0.1, -0.05) is 36.0 Å². The molecule has 0 bridgehead atoms. The van der Waals surface area contributed by atoms with Gasteiger partial charge in [0, 0.05) is 34.5 Å². The van der Waals surface area contributed by atoms with E-state index in [-0.39, 0.29) is 28.8 Å². The van der Waals surface area contributed by atoms with Gasteiger partial charge in [-0.3, -0.25) is 19.0 Å². The Morgan fingerprint density at radius 1 is 0.970 bits per heavy atom. The number of fused-ring (bicyclic) bond motifs is 2. The molecule has 1 N–H and O–H groups in total. The predicted octanol–water partition coefficient (Wildman–Crippen LogP) is 4.06. The molecule has 0 spiro atoms. The summed E-state index contributed by atoms with van der Waals surface area (Å²) in [5, 5.41) is 11.7. The number of nitrogens with zero attached hydrogens (tertiary/aromatic N) is 3. The summed E-state index contributed by atoms with van der Waals surface area (Å²) in [5.74, 6) is 0.620. The number of rotatable bonds is 6. The molecule has 1 amide bonds. The predicted molar refractivity (Wildman–Crippen MR) is 123 cm³/mol. The van der Waals surface area contributed by atoms with Crippen molar-refractivity contribution >= 4 is 34.9 Å². The van der Waals surface area contributed by atoms with Crippen LogP contribution in [0, 0.1) is 0 Å². The van der Waals surface area contributed by atoms with E-state index in [0.717, 1.165) is 0 Å². The van der Waals surface area contributed by atoms with Crippen LogP contribution in [0.4, 0.5) is 5.69 Å². The van der Waals surface area contributed by atoms with Crippen LogP contribution in [0.3, 0.4) is 0 Å². The topological polar surface area (TPSA) is 107 Å². The number of furan rings is 1. The van der Waals surface area contributed by atoms with Crippen LogP contribution in [-0.2, 0) is 11.3 Å². The Morgan fingerprint density at radius 3 is 2.39 bits per heavy atom. The molecule has 33 heavy (non-hydrogen) atoms. The van der Waals surface area contributed by atoms with E-state index < -0.39 is 0 Å². The van der Waals surface area contributed by atoms with E-state index >= 15 is 0 Å². The van der Waals surface area contributed by atoms with Crippen molar-refractivity contribution in [1.82, 2.24) is 14.8 Å². The molecule has 2 aromatic heterocycles. The molecular formula is C24H18N4O4S. The van der Waals surface area contributed by atoms with Gasteiger partial charge in [0.25, 0.3) is 0 Å². The van der Waals surface area contributed by atoms with E-state index in [1.54, 1.807) is 60.9 Å². The molecule has 9 heteroatoms. The summed E-state index contributed by atoms with van der Waals surface area (Å²) in [6, 6.07) is 15.1. The summed E-state index contributed by atoms with van der Waals surface area (Å²) >= 11 is 1.25. The van der Waals surface area contributed by atoms with Crippen LogP contribution in [0.15, 0.2) is 70.4 Å². The maximum absolute atomic E-state index is 12.9. The molecule has 2 heterocycles. The van der Waals surface area contributed by atoms with Crippen LogP contribution in [0.5, 0.6) is 0 Å². The van der Waals surface area contributed by atoms with Gasteiger partial charge in [-0.05, 0) is 37.3 Å². The first-order chi connectivity index (χ1) is 16.1. The molecule has 0 radical (unpaired) electrons. The molecule has 5 rings (SSSR count). The monoisotopic (exact) mass is 458 g/mol. The Kier molecular flexibility index (Phi) is 5.39. The molecule has 0 saturated heterocycles. The van der Waals surface area contributed by atoms with Crippen molar-refractivity contribution in [2.75, 3.05) is 11.1 Å². The Bertz CT molecular complexity index is 1390. The average molecular weight is 458 g/mol. The van der Waals surface area contributed by atoms with Crippen LogP contribution in [0.25, 0.3) is 11.6 Å². The second kappa shape index (κ2) is 8.51. The minimum atomic E-state index is -0.264. The Labute approximate surface area is 193 Å². The van der Waals surface area contributed by atoms with Gasteiger partial charge in [0.2, 0.25) is 5.91 Å². The zero-order valence-electron chi connectivity index (χ0n) is 17.6. The number of carbonyl (C=O) groups excluding carboxylic acids is 3. The first-order valence-electron chi connectivity index (χ1n) is 10.3. The Balaban J connectivity index is 1.30. The normalized spacial score (nSPS) is 12.4. The third-order valence-electron chi connectivity index (χ3n) is 5.32. The molecule has 1 aliphatic carbocycles. The first kappa shape index (κ1) is 20.9. The lowest BCUT2D eigenvalue weighted by atomic mass is 9.84. The van der Waals surface area contributed by atoms with Crippen molar-refractivity contribution in [3.63, 3.8) is 0 Å². The van der Waals surface area contributed by atoms with Gasteiger partial charge in [0.1, 0.15) is 0 Å². The maximum atomic E-state index is 12.9. The van der Waals surface area contributed by atoms with E-state index in [1.165, 1.54) is 11.8 Å². The number of anilines is 1. The number of nitrogens with one attached hydrogen (secondary N) is 1. The second-order valence-corrected chi connectivity index (χ2v) is 8.27. The molecule has 0 saturated carbocycles. The average Bonchev–Trinajstić information content (AvgIpc) is 3.50. The smallest absolute Gasteiger partial charge is 0.234 e. The van der Waals surface area contributed by atoms with E-state index in [4.69, 9.17) is 4.42 Å². The molecular weight excluding hydrogens is 440 g/mol. The van der Waals surface area contributed by atoms with Crippen LogP contribution >= 0.6 is 11.8 Å². The summed E-state index contributed by atoms with van der Waals surface area (Å²) in [5.41, 5.74) is 1.86. The van der Waals surface area contributed by atoms with Gasteiger partial charge in [-0.2, -0.15) is 0 Å². The van der Waals surface area contributed by atoms with Crippen LogP contribution in [-0.4, -0.2) is 38.0 Å². The Hall–Kier alpha value is -3.98. The highest BCUT2D eigenvalue weighted by atomic mass is 32.2. The number of ketones is 2. The zero-order chi connectivity index (χ0) is 22.9. The summed E-state index contributed by atoms with van der Waals surface area (Å²) in [7, 11) is 0. The molecule has 4 aromatic rings. The molecule has 1 aliphatic rings.